The van der Waals surface area contributed by atoms with Gasteiger partial charge in [-0.2, -0.15) is 0 Å². The molecule has 0 spiro atoms. The Morgan fingerprint density at radius 2 is 1.86 bits per heavy atom. The molecule has 0 amide bonds. The van der Waals surface area contributed by atoms with Crippen molar-refractivity contribution in [2.24, 2.45) is 0 Å². The monoisotopic (exact) mass is 351 g/mol. The van der Waals surface area contributed by atoms with E-state index in [1.165, 1.54) is 12.1 Å². The van der Waals surface area contributed by atoms with Crippen LogP contribution in [0.3, 0.4) is 0 Å². The van der Waals surface area contributed by atoms with Gasteiger partial charge in [-0.1, -0.05) is 22.0 Å². The summed E-state index contributed by atoms with van der Waals surface area (Å²) in [5.74, 6) is 1.22. The topological polar surface area (TPSA) is 30.5 Å². The van der Waals surface area contributed by atoms with Crippen LogP contribution >= 0.6 is 15.9 Å². The first kappa shape index (κ1) is 14.4. The smallest absolute Gasteiger partial charge is 0.161 e. The number of hydrogen-bond donors (Lipinski definition) is 1. The Hall–Kier alpha value is -1.59. The summed E-state index contributed by atoms with van der Waals surface area (Å²) in [5.41, 5.74) is 1.84. The van der Waals surface area contributed by atoms with Crippen LogP contribution in [0.5, 0.6) is 11.5 Å². The molecule has 2 aromatic rings. The highest BCUT2D eigenvalue weighted by Crippen LogP contribution is 2.36. The minimum Gasteiger partial charge on any atom is -0.486 e. The fraction of sp³-hybridized carbons (Fsp3) is 0.250. The van der Waals surface area contributed by atoms with Crippen LogP contribution in [0.15, 0.2) is 40.9 Å². The van der Waals surface area contributed by atoms with Crippen molar-refractivity contribution in [3.63, 3.8) is 0 Å². The van der Waals surface area contributed by atoms with Crippen LogP contribution in [0.1, 0.15) is 17.2 Å². The van der Waals surface area contributed by atoms with Gasteiger partial charge in [-0.3, -0.25) is 0 Å². The van der Waals surface area contributed by atoms with E-state index < -0.39 is 0 Å². The summed E-state index contributed by atoms with van der Waals surface area (Å²) in [6, 6.07) is 10.3. The van der Waals surface area contributed by atoms with Crippen molar-refractivity contribution in [2.75, 3.05) is 20.3 Å². The molecule has 3 nitrogen and oxygen atoms in total. The highest BCUT2D eigenvalue weighted by atomic mass is 79.9. The summed E-state index contributed by atoms with van der Waals surface area (Å²) in [7, 11) is 1.85. The second kappa shape index (κ2) is 6.03. The van der Waals surface area contributed by atoms with Gasteiger partial charge < -0.3 is 14.8 Å². The first-order valence-corrected chi connectivity index (χ1v) is 7.50. The van der Waals surface area contributed by atoms with Crippen molar-refractivity contribution in [3.8, 4) is 11.5 Å². The van der Waals surface area contributed by atoms with Gasteiger partial charge in [-0.25, -0.2) is 4.39 Å². The van der Waals surface area contributed by atoms with Crippen LogP contribution in [0.25, 0.3) is 0 Å². The van der Waals surface area contributed by atoms with Gasteiger partial charge in [0.2, 0.25) is 0 Å². The van der Waals surface area contributed by atoms with Crippen molar-refractivity contribution in [1.82, 2.24) is 5.32 Å². The number of fused-ring (bicyclic) bond motifs is 1. The fourth-order valence-electron chi connectivity index (χ4n) is 2.48. The standard InChI is InChI=1S/C16H15BrFNO2/c1-19-16(12-9-11(18)3-4-13(12)17)10-2-5-14-15(8-10)21-7-6-20-14/h2-5,8-9,16,19H,6-7H2,1H3. The van der Waals surface area contributed by atoms with Gasteiger partial charge in [0.1, 0.15) is 19.0 Å². The Labute approximate surface area is 131 Å². The Morgan fingerprint density at radius 1 is 1.10 bits per heavy atom. The van der Waals surface area contributed by atoms with E-state index in [0.717, 1.165) is 27.1 Å². The lowest BCUT2D eigenvalue weighted by atomic mass is 9.98. The first-order chi connectivity index (χ1) is 10.2. The maximum atomic E-state index is 13.5. The number of benzene rings is 2. The summed E-state index contributed by atoms with van der Waals surface area (Å²) in [6.07, 6.45) is 0. The molecule has 21 heavy (non-hydrogen) atoms. The summed E-state index contributed by atoms with van der Waals surface area (Å²) in [5, 5.41) is 3.22. The molecule has 0 aromatic heterocycles. The summed E-state index contributed by atoms with van der Waals surface area (Å²) in [6.45, 7) is 1.11. The van der Waals surface area contributed by atoms with Crippen molar-refractivity contribution < 1.29 is 13.9 Å². The minimum atomic E-state index is -0.258. The molecule has 0 radical (unpaired) electrons. The van der Waals surface area contributed by atoms with Crippen molar-refractivity contribution in [3.05, 3.63) is 57.8 Å². The molecule has 1 N–H and O–H groups in total. The van der Waals surface area contributed by atoms with Gasteiger partial charge in [-0.05, 0) is 48.5 Å². The Balaban J connectivity index is 2.01. The second-order valence-electron chi connectivity index (χ2n) is 4.79. The zero-order chi connectivity index (χ0) is 14.8. The Kier molecular flexibility index (Phi) is 4.12. The van der Waals surface area contributed by atoms with Crippen LogP contribution in [0.4, 0.5) is 4.39 Å². The molecule has 0 bridgehead atoms. The normalized spacial score (nSPS) is 14.8. The summed E-state index contributed by atoms with van der Waals surface area (Å²) in [4.78, 5) is 0. The van der Waals surface area contributed by atoms with E-state index in [4.69, 9.17) is 9.47 Å². The average Bonchev–Trinajstić information content (AvgIpc) is 2.51. The predicted octanol–water partition coefficient (Wildman–Crippen LogP) is 3.67. The molecule has 0 fully saturated rings. The van der Waals surface area contributed by atoms with E-state index in [-0.39, 0.29) is 11.9 Å². The molecule has 1 aliphatic rings. The molecule has 0 aliphatic carbocycles. The van der Waals surface area contributed by atoms with Crippen LogP contribution in [0.2, 0.25) is 0 Å². The van der Waals surface area contributed by atoms with Gasteiger partial charge in [0.05, 0.1) is 6.04 Å². The lowest BCUT2D eigenvalue weighted by Crippen LogP contribution is -2.20. The van der Waals surface area contributed by atoms with Crippen molar-refractivity contribution in [2.45, 2.75) is 6.04 Å². The third-order valence-electron chi connectivity index (χ3n) is 3.46. The molecule has 1 heterocycles. The molecule has 2 aromatic carbocycles. The van der Waals surface area contributed by atoms with Crippen molar-refractivity contribution >= 4 is 15.9 Å². The number of ether oxygens (including phenoxy) is 2. The largest absolute Gasteiger partial charge is 0.486 e. The van der Waals surface area contributed by atoms with E-state index in [9.17, 15) is 4.39 Å². The molecule has 1 atom stereocenters. The van der Waals surface area contributed by atoms with Crippen LogP contribution < -0.4 is 14.8 Å². The van der Waals surface area contributed by atoms with E-state index >= 15 is 0 Å². The van der Waals surface area contributed by atoms with E-state index in [2.05, 4.69) is 21.2 Å². The van der Waals surface area contributed by atoms with Gasteiger partial charge >= 0.3 is 0 Å². The van der Waals surface area contributed by atoms with Gasteiger partial charge in [0.25, 0.3) is 0 Å². The highest BCUT2D eigenvalue weighted by Gasteiger charge is 2.19. The van der Waals surface area contributed by atoms with E-state index in [1.807, 2.05) is 25.2 Å². The maximum absolute atomic E-state index is 13.5. The molecule has 3 rings (SSSR count). The molecule has 0 saturated carbocycles. The van der Waals surface area contributed by atoms with E-state index in [1.54, 1.807) is 6.07 Å². The van der Waals surface area contributed by atoms with Crippen LogP contribution in [-0.2, 0) is 0 Å². The van der Waals surface area contributed by atoms with Crippen LogP contribution in [0, 0.1) is 5.82 Å². The Bertz CT molecular complexity index is 663. The molecular formula is C16H15BrFNO2. The van der Waals surface area contributed by atoms with E-state index in [0.29, 0.717) is 13.2 Å². The zero-order valence-corrected chi connectivity index (χ0v) is 13.1. The summed E-state index contributed by atoms with van der Waals surface area (Å²) >= 11 is 3.48. The number of rotatable bonds is 3. The minimum absolute atomic E-state index is 0.133. The number of hydrogen-bond acceptors (Lipinski definition) is 3. The molecule has 0 saturated heterocycles. The zero-order valence-electron chi connectivity index (χ0n) is 11.5. The highest BCUT2D eigenvalue weighted by molar-refractivity contribution is 9.10. The fourth-order valence-corrected chi connectivity index (χ4v) is 2.95. The average molecular weight is 352 g/mol. The Morgan fingerprint density at radius 3 is 2.62 bits per heavy atom. The molecule has 110 valence electrons. The maximum Gasteiger partial charge on any atom is 0.161 e. The van der Waals surface area contributed by atoms with Gasteiger partial charge in [0, 0.05) is 4.47 Å². The molecule has 1 unspecified atom stereocenters. The third kappa shape index (κ3) is 2.89. The lowest BCUT2D eigenvalue weighted by molar-refractivity contribution is 0.171. The molecular weight excluding hydrogens is 337 g/mol. The van der Waals surface area contributed by atoms with Gasteiger partial charge in [0.15, 0.2) is 11.5 Å². The number of halogens is 2. The van der Waals surface area contributed by atoms with Gasteiger partial charge in [-0.15, -0.1) is 0 Å². The van der Waals surface area contributed by atoms with Crippen LogP contribution in [-0.4, -0.2) is 20.3 Å². The SMILES string of the molecule is CNC(c1ccc2c(c1)OCCO2)c1cc(F)ccc1Br. The molecule has 1 aliphatic heterocycles. The third-order valence-corrected chi connectivity index (χ3v) is 4.18. The quantitative estimate of drug-likeness (QED) is 0.915. The predicted molar refractivity (Wildman–Crippen MR) is 82.4 cm³/mol. The molecule has 5 heteroatoms. The lowest BCUT2D eigenvalue weighted by Gasteiger charge is -2.23. The first-order valence-electron chi connectivity index (χ1n) is 6.71. The van der Waals surface area contributed by atoms with Crippen molar-refractivity contribution in [1.29, 1.82) is 0 Å². The summed E-state index contributed by atoms with van der Waals surface area (Å²) < 4.78 is 25.5. The second-order valence-corrected chi connectivity index (χ2v) is 5.64. The number of nitrogens with one attached hydrogen (secondary N) is 1.